The molecular formula is C22H20BrNO7S. The molecule has 3 rings (SSSR count). The first-order valence-electron chi connectivity index (χ1n) is 9.45. The summed E-state index contributed by atoms with van der Waals surface area (Å²) in [7, 11) is 1.42. The molecular weight excluding hydrogens is 502 g/mol. The number of imide groups is 1. The average molecular weight is 522 g/mol. The Labute approximate surface area is 197 Å². The maximum atomic E-state index is 12.7. The average Bonchev–Trinajstić information content (AvgIpc) is 2.99. The first-order valence-corrected chi connectivity index (χ1v) is 11.1. The normalized spacial score (nSPS) is 14.7. The number of rotatable bonds is 9. The molecule has 8 nitrogen and oxygen atoms in total. The molecule has 32 heavy (non-hydrogen) atoms. The molecule has 168 valence electrons. The third-order valence-corrected chi connectivity index (χ3v) is 5.83. The topological polar surface area (TPSA) is 102 Å². The van der Waals surface area contributed by atoms with E-state index in [9.17, 15) is 14.4 Å². The van der Waals surface area contributed by atoms with E-state index in [4.69, 9.17) is 19.3 Å². The lowest BCUT2D eigenvalue weighted by Gasteiger charge is -2.13. The Balaban J connectivity index is 1.70. The van der Waals surface area contributed by atoms with Crippen LogP contribution < -0.4 is 14.2 Å². The highest BCUT2D eigenvalue weighted by molar-refractivity contribution is 9.10. The van der Waals surface area contributed by atoms with Crippen LogP contribution in [0.1, 0.15) is 11.1 Å². The number of hydrogen-bond donors (Lipinski definition) is 1. The number of aryl methyl sites for hydroxylation is 1. The third-order valence-electron chi connectivity index (χ3n) is 4.34. The Morgan fingerprint density at radius 1 is 1.22 bits per heavy atom. The zero-order chi connectivity index (χ0) is 23.3. The maximum Gasteiger partial charge on any atom is 0.341 e. The number of carbonyl (C=O) groups excluding carboxylic acids is 2. The van der Waals surface area contributed by atoms with E-state index >= 15 is 0 Å². The van der Waals surface area contributed by atoms with Crippen LogP contribution in [0.3, 0.4) is 0 Å². The van der Waals surface area contributed by atoms with Gasteiger partial charge in [-0.05, 0) is 76.1 Å². The lowest BCUT2D eigenvalue weighted by Crippen LogP contribution is -2.32. The Kier molecular flexibility index (Phi) is 7.81. The molecule has 1 fully saturated rings. The first-order chi connectivity index (χ1) is 15.3. The second kappa shape index (κ2) is 10.6. The van der Waals surface area contributed by atoms with E-state index in [2.05, 4.69) is 15.9 Å². The van der Waals surface area contributed by atoms with Crippen molar-refractivity contribution < 1.29 is 33.7 Å². The van der Waals surface area contributed by atoms with Crippen molar-refractivity contribution in [3.05, 3.63) is 56.9 Å². The number of methoxy groups -OCH3 is 1. The predicted molar refractivity (Wildman–Crippen MR) is 123 cm³/mol. The Bertz CT molecular complexity index is 1090. The van der Waals surface area contributed by atoms with Crippen molar-refractivity contribution >= 4 is 50.9 Å². The molecule has 2 aromatic carbocycles. The van der Waals surface area contributed by atoms with Gasteiger partial charge in [0.05, 0.1) is 23.0 Å². The molecule has 0 atom stereocenters. The minimum Gasteiger partial charge on any atom is -0.493 e. The minimum atomic E-state index is -1.12. The molecule has 0 spiro atoms. The monoisotopic (exact) mass is 521 g/mol. The highest BCUT2D eigenvalue weighted by atomic mass is 79.9. The fraction of sp³-hybridized carbons (Fsp3) is 0.227. The van der Waals surface area contributed by atoms with E-state index in [0.29, 0.717) is 15.8 Å². The van der Waals surface area contributed by atoms with Gasteiger partial charge in [0.15, 0.2) is 18.1 Å². The number of ether oxygens (including phenoxy) is 3. The van der Waals surface area contributed by atoms with Crippen LogP contribution in [0.25, 0.3) is 6.08 Å². The van der Waals surface area contributed by atoms with Gasteiger partial charge in [0, 0.05) is 0 Å². The molecule has 0 radical (unpaired) electrons. The number of amides is 2. The summed E-state index contributed by atoms with van der Waals surface area (Å²) in [6, 6.07) is 10.8. The first kappa shape index (κ1) is 23.7. The molecule has 0 saturated carbocycles. The van der Waals surface area contributed by atoms with Crippen molar-refractivity contribution in [1.82, 2.24) is 4.90 Å². The summed E-state index contributed by atoms with van der Waals surface area (Å²) in [5.74, 6) is -0.335. The van der Waals surface area contributed by atoms with E-state index in [1.54, 1.807) is 18.2 Å². The second-order valence-electron chi connectivity index (χ2n) is 6.71. The van der Waals surface area contributed by atoms with Gasteiger partial charge in [-0.2, -0.15) is 0 Å². The quantitative estimate of drug-likeness (QED) is 0.486. The molecule has 1 aliphatic heterocycles. The van der Waals surface area contributed by atoms with Gasteiger partial charge >= 0.3 is 5.97 Å². The predicted octanol–water partition coefficient (Wildman–Crippen LogP) is 4.34. The second-order valence-corrected chi connectivity index (χ2v) is 8.56. The van der Waals surface area contributed by atoms with E-state index in [-0.39, 0.29) is 34.8 Å². The van der Waals surface area contributed by atoms with E-state index in [1.165, 1.54) is 7.11 Å². The molecule has 2 aromatic rings. The number of carboxylic acids is 1. The van der Waals surface area contributed by atoms with Crippen LogP contribution >= 0.6 is 27.7 Å². The molecule has 0 bridgehead atoms. The van der Waals surface area contributed by atoms with Crippen molar-refractivity contribution in [2.45, 2.75) is 6.92 Å². The number of thioether (sulfide) groups is 1. The SMILES string of the molecule is COc1cc(/C=C2\SC(=O)N(CCOc3cccc(C)c3)C2=O)cc(Br)c1OCC(=O)O. The number of benzene rings is 2. The van der Waals surface area contributed by atoms with Crippen LogP contribution in [0.15, 0.2) is 45.8 Å². The van der Waals surface area contributed by atoms with E-state index in [1.807, 2.05) is 31.2 Å². The molecule has 10 heteroatoms. The summed E-state index contributed by atoms with van der Waals surface area (Å²) in [6.07, 6.45) is 1.57. The molecule has 1 heterocycles. The van der Waals surface area contributed by atoms with Gasteiger partial charge in [0.2, 0.25) is 0 Å². The van der Waals surface area contributed by atoms with Crippen molar-refractivity contribution in [2.24, 2.45) is 0 Å². The number of hydrogen-bond acceptors (Lipinski definition) is 7. The van der Waals surface area contributed by atoms with Gasteiger partial charge in [0.1, 0.15) is 12.4 Å². The standard InChI is InChI=1S/C22H20BrNO7S/c1-13-4-3-5-15(8-13)30-7-6-24-21(27)18(32-22(24)28)11-14-9-16(23)20(17(10-14)29-2)31-12-19(25)26/h3-5,8-11H,6-7,12H2,1-2H3,(H,25,26)/b18-11-. The summed E-state index contributed by atoms with van der Waals surface area (Å²) >= 11 is 4.17. The smallest absolute Gasteiger partial charge is 0.341 e. The summed E-state index contributed by atoms with van der Waals surface area (Å²) in [5.41, 5.74) is 1.63. The minimum absolute atomic E-state index is 0.130. The van der Waals surface area contributed by atoms with Crippen LogP contribution in [0.5, 0.6) is 17.2 Å². The Morgan fingerprint density at radius 3 is 2.69 bits per heavy atom. The molecule has 0 unspecified atom stereocenters. The largest absolute Gasteiger partial charge is 0.493 e. The summed E-state index contributed by atoms with van der Waals surface area (Å²) in [4.78, 5) is 37.2. The Hall–Kier alpha value is -2.98. The number of nitrogens with zero attached hydrogens (tertiary/aromatic N) is 1. The maximum absolute atomic E-state index is 12.7. The summed E-state index contributed by atoms with van der Waals surface area (Å²) < 4.78 is 16.6. The molecule has 1 N–H and O–H groups in total. The number of carboxylic acid groups (broad SMARTS) is 1. The fourth-order valence-corrected chi connectivity index (χ4v) is 4.34. The third kappa shape index (κ3) is 5.83. The van der Waals surface area contributed by atoms with Crippen LogP contribution in [0.4, 0.5) is 4.79 Å². The van der Waals surface area contributed by atoms with Crippen LogP contribution in [-0.2, 0) is 9.59 Å². The van der Waals surface area contributed by atoms with Crippen LogP contribution in [-0.4, -0.2) is 54.0 Å². The lowest BCUT2D eigenvalue weighted by molar-refractivity contribution is -0.139. The van der Waals surface area contributed by atoms with Crippen LogP contribution in [0.2, 0.25) is 0 Å². The molecule has 1 aliphatic rings. The highest BCUT2D eigenvalue weighted by Crippen LogP contribution is 2.39. The zero-order valence-electron chi connectivity index (χ0n) is 17.3. The van der Waals surface area contributed by atoms with E-state index < -0.39 is 18.5 Å². The Morgan fingerprint density at radius 2 is 2.00 bits per heavy atom. The van der Waals surface area contributed by atoms with Gasteiger partial charge in [-0.3, -0.25) is 14.5 Å². The molecule has 0 aromatic heterocycles. The lowest BCUT2D eigenvalue weighted by atomic mass is 10.2. The highest BCUT2D eigenvalue weighted by Gasteiger charge is 2.35. The number of aliphatic carboxylic acids is 1. The van der Waals surface area contributed by atoms with Gasteiger partial charge in [-0.25, -0.2) is 4.79 Å². The number of halogens is 1. The van der Waals surface area contributed by atoms with Crippen LogP contribution in [0, 0.1) is 6.92 Å². The summed E-state index contributed by atoms with van der Waals surface area (Å²) in [6.45, 7) is 1.73. The number of carbonyl (C=O) groups is 3. The summed E-state index contributed by atoms with van der Waals surface area (Å²) in [5, 5.41) is 8.44. The van der Waals surface area contributed by atoms with Gasteiger partial charge in [-0.1, -0.05) is 12.1 Å². The molecule has 0 aliphatic carbocycles. The van der Waals surface area contributed by atoms with Crippen molar-refractivity contribution in [2.75, 3.05) is 26.9 Å². The molecule has 1 saturated heterocycles. The van der Waals surface area contributed by atoms with Gasteiger partial charge in [-0.15, -0.1) is 0 Å². The fourth-order valence-electron chi connectivity index (χ4n) is 2.90. The van der Waals surface area contributed by atoms with Crippen molar-refractivity contribution in [3.8, 4) is 17.2 Å². The van der Waals surface area contributed by atoms with E-state index in [0.717, 1.165) is 22.2 Å². The van der Waals surface area contributed by atoms with Gasteiger partial charge < -0.3 is 19.3 Å². The molecule has 2 amide bonds. The van der Waals surface area contributed by atoms with Crippen molar-refractivity contribution in [3.63, 3.8) is 0 Å². The zero-order valence-corrected chi connectivity index (χ0v) is 19.7. The van der Waals surface area contributed by atoms with Crippen molar-refractivity contribution in [1.29, 1.82) is 0 Å². The van der Waals surface area contributed by atoms with Gasteiger partial charge in [0.25, 0.3) is 11.1 Å².